The van der Waals surface area contributed by atoms with Gasteiger partial charge in [0.1, 0.15) is 5.01 Å². The zero-order valence-corrected chi connectivity index (χ0v) is 13.2. The summed E-state index contributed by atoms with van der Waals surface area (Å²) in [6, 6.07) is -0.0748. The van der Waals surface area contributed by atoms with Crippen LogP contribution in [-0.4, -0.2) is 46.1 Å². The minimum atomic E-state index is -1.02. The smallest absolute Gasteiger partial charge is 0.355 e. The number of carbonyl (C=O) groups is 2. The van der Waals surface area contributed by atoms with Crippen LogP contribution < -0.4 is 0 Å². The van der Waals surface area contributed by atoms with Crippen LogP contribution in [-0.2, 0) is 9.53 Å². The van der Waals surface area contributed by atoms with E-state index >= 15 is 0 Å². The topological polar surface area (TPSA) is 79.7 Å². The van der Waals surface area contributed by atoms with Crippen LogP contribution in [0.4, 0.5) is 0 Å². The second-order valence-corrected chi connectivity index (χ2v) is 6.70. The number of rotatable bonds is 4. The van der Waals surface area contributed by atoms with E-state index in [0.29, 0.717) is 6.42 Å². The Labute approximate surface area is 133 Å². The zero-order valence-electron chi connectivity index (χ0n) is 12.4. The summed E-state index contributed by atoms with van der Waals surface area (Å²) in [4.78, 5) is 29.5. The van der Waals surface area contributed by atoms with Gasteiger partial charge in [0, 0.05) is 18.5 Å². The molecule has 2 fully saturated rings. The van der Waals surface area contributed by atoms with Gasteiger partial charge >= 0.3 is 5.97 Å². The first-order valence-corrected chi connectivity index (χ1v) is 8.63. The molecule has 0 spiro atoms. The number of amides is 1. The largest absolute Gasteiger partial charge is 0.476 e. The lowest BCUT2D eigenvalue weighted by atomic mass is 10.1. The van der Waals surface area contributed by atoms with Crippen LogP contribution in [0.15, 0.2) is 5.38 Å². The van der Waals surface area contributed by atoms with Crippen molar-refractivity contribution >= 4 is 23.2 Å². The van der Waals surface area contributed by atoms with Gasteiger partial charge in [0.05, 0.1) is 18.6 Å². The number of carboxylic acid groups (broad SMARTS) is 1. The van der Waals surface area contributed by atoms with Gasteiger partial charge in [-0.15, -0.1) is 11.3 Å². The van der Waals surface area contributed by atoms with E-state index in [1.807, 2.05) is 4.90 Å². The molecule has 1 N–H and O–H groups in total. The molecule has 2 aliphatic heterocycles. The van der Waals surface area contributed by atoms with Crippen LogP contribution in [0.25, 0.3) is 0 Å². The molecule has 2 saturated heterocycles. The van der Waals surface area contributed by atoms with Crippen molar-refractivity contribution in [1.29, 1.82) is 0 Å². The maximum atomic E-state index is 12.5. The molecule has 3 heterocycles. The van der Waals surface area contributed by atoms with E-state index in [4.69, 9.17) is 9.84 Å². The molecule has 0 saturated carbocycles. The summed E-state index contributed by atoms with van der Waals surface area (Å²) >= 11 is 1.33. The Kier molecular flexibility index (Phi) is 4.73. The monoisotopic (exact) mass is 324 g/mol. The van der Waals surface area contributed by atoms with E-state index in [-0.39, 0.29) is 23.7 Å². The number of likely N-dealkylation sites (tertiary alicyclic amines) is 1. The molecule has 22 heavy (non-hydrogen) atoms. The highest BCUT2D eigenvalue weighted by Gasteiger charge is 2.33. The molecule has 3 rings (SSSR count). The predicted octanol–water partition coefficient (Wildman–Crippen LogP) is 2.46. The lowest BCUT2D eigenvalue weighted by molar-refractivity contribution is -0.136. The van der Waals surface area contributed by atoms with Crippen LogP contribution in [0.2, 0.25) is 0 Å². The van der Waals surface area contributed by atoms with Gasteiger partial charge in [0.15, 0.2) is 5.69 Å². The first-order valence-electron chi connectivity index (χ1n) is 7.75. The van der Waals surface area contributed by atoms with Gasteiger partial charge in [-0.25, -0.2) is 9.78 Å². The highest BCUT2D eigenvalue weighted by molar-refractivity contribution is 7.09. The summed E-state index contributed by atoms with van der Waals surface area (Å²) in [7, 11) is 0. The molecule has 1 amide bonds. The quantitative estimate of drug-likeness (QED) is 0.920. The standard InChI is InChI=1S/C15H20N2O4S/c18-13(8-10-4-1-2-7-21-10)17-6-3-5-12(17)14-16-11(9-22-14)15(19)20/h9-10,12H,1-8H2,(H,19,20)/t10-,12-/m0/s1. The molecule has 2 atom stereocenters. The first-order chi connectivity index (χ1) is 10.6. The van der Waals surface area contributed by atoms with Gasteiger partial charge in [-0.2, -0.15) is 0 Å². The molecule has 0 radical (unpaired) electrons. The highest BCUT2D eigenvalue weighted by Crippen LogP contribution is 2.34. The summed E-state index contributed by atoms with van der Waals surface area (Å²) < 4.78 is 5.65. The van der Waals surface area contributed by atoms with Gasteiger partial charge in [-0.1, -0.05) is 0 Å². The second kappa shape index (κ2) is 6.75. The van der Waals surface area contributed by atoms with Gasteiger partial charge < -0.3 is 14.7 Å². The van der Waals surface area contributed by atoms with Gasteiger partial charge in [0.25, 0.3) is 0 Å². The van der Waals surface area contributed by atoms with Gasteiger partial charge in [0.2, 0.25) is 5.91 Å². The first kappa shape index (κ1) is 15.4. The molecule has 120 valence electrons. The number of nitrogens with zero attached hydrogens (tertiary/aromatic N) is 2. The Bertz CT molecular complexity index is 553. The molecule has 2 aliphatic rings. The Balaban J connectivity index is 1.66. The van der Waals surface area contributed by atoms with Crippen molar-refractivity contribution < 1.29 is 19.4 Å². The lowest BCUT2D eigenvalue weighted by Gasteiger charge is -2.27. The third kappa shape index (κ3) is 3.30. The number of carbonyl (C=O) groups excluding carboxylic acids is 1. The SMILES string of the molecule is O=C(O)c1csc([C@@H]2CCCN2C(=O)C[C@@H]2CCCCO2)n1. The van der Waals surface area contributed by atoms with Crippen molar-refractivity contribution in [2.24, 2.45) is 0 Å². The van der Waals surface area contributed by atoms with Gasteiger partial charge in [-0.3, -0.25) is 4.79 Å². The third-order valence-electron chi connectivity index (χ3n) is 4.28. The Hall–Kier alpha value is -1.47. The Morgan fingerprint density at radius 2 is 2.23 bits per heavy atom. The molecule has 1 aromatic heterocycles. The fraction of sp³-hybridized carbons (Fsp3) is 0.667. The Morgan fingerprint density at radius 3 is 2.91 bits per heavy atom. The summed E-state index contributed by atoms with van der Waals surface area (Å²) in [6.07, 6.45) is 5.39. The van der Waals surface area contributed by atoms with Gasteiger partial charge in [-0.05, 0) is 32.1 Å². The third-order valence-corrected chi connectivity index (χ3v) is 5.22. The fourth-order valence-corrected chi connectivity index (χ4v) is 4.08. The summed E-state index contributed by atoms with van der Waals surface area (Å²) in [6.45, 7) is 1.47. The van der Waals surface area contributed by atoms with E-state index in [2.05, 4.69) is 4.98 Å². The molecule has 1 aromatic rings. The number of aromatic nitrogens is 1. The van der Waals surface area contributed by atoms with E-state index in [1.54, 1.807) is 5.38 Å². The molecular formula is C15H20N2O4S. The Morgan fingerprint density at radius 1 is 1.36 bits per heavy atom. The van der Waals surface area contributed by atoms with Crippen molar-refractivity contribution in [3.63, 3.8) is 0 Å². The number of ether oxygens (including phenoxy) is 1. The number of hydrogen-bond acceptors (Lipinski definition) is 5. The van der Waals surface area contributed by atoms with E-state index in [1.165, 1.54) is 11.3 Å². The van der Waals surface area contributed by atoms with E-state index < -0.39 is 5.97 Å². The lowest BCUT2D eigenvalue weighted by Crippen LogP contribution is -2.34. The summed E-state index contributed by atoms with van der Waals surface area (Å²) in [5.74, 6) is -0.921. The number of aromatic carboxylic acids is 1. The molecule has 6 nitrogen and oxygen atoms in total. The molecule has 0 aromatic carbocycles. The number of carboxylic acids is 1. The molecular weight excluding hydrogens is 304 g/mol. The molecule has 0 unspecified atom stereocenters. The van der Waals surface area contributed by atoms with Crippen LogP contribution >= 0.6 is 11.3 Å². The summed E-state index contributed by atoms with van der Waals surface area (Å²) in [5, 5.41) is 11.3. The zero-order chi connectivity index (χ0) is 15.5. The normalized spacial score (nSPS) is 25.4. The fourth-order valence-electron chi connectivity index (χ4n) is 3.14. The maximum absolute atomic E-state index is 12.5. The van der Waals surface area contributed by atoms with Crippen LogP contribution in [0.3, 0.4) is 0 Å². The van der Waals surface area contributed by atoms with Crippen LogP contribution in [0.1, 0.15) is 60.1 Å². The second-order valence-electron chi connectivity index (χ2n) is 5.81. The van der Waals surface area contributed by atoms with Crippen molar-refractivity contribution in [3.05, 3.63) is 16.1 Å². The van der Waals surface area contributed by atoms with E-state index in [9.17, 15) is 9.59 Å². The highest BCUT2D eigenvalue weighted by atomic mass is 32.1. The summed E-state index contributed by atoms with van der Waals surface area (Å²) in [5.41, 5.74) is 0.0647. The average molecular weight is 324 g/mol. The number of hydrogen-bond donors (Lipinski definition) is 1. The number of thiazole rings is 1. The predicted molar refractivity (Wildman–Crippen MR) is 81.0 cm³/mol. The van der Waals surface area contributed by atoms with Crippen LogP contribution in [0.5, 0.6) is 0 Å². The maximum Gasteiger partial charge on any atom is 0.355 e. The van der Waals surface area contributed by atoms with Crippen molar-refractivity contribution in [2.45, 2.75) is 50.7 Å². The van der Waals surface area contributed by atoms with Crippen molar-refractivity contribution in [2.75, 3.05) is 13.2 Å². The molecule has 0 aliphatic carbocycles. The van der Waals surface area contributed by atoms with Crippen molar-refractivity contribution in [1.82, 2.24) is 9.88 Å². The van der Waals surface area contributed by atoms with E-state index in [0.717, 1.165) is 50.3 Å². The minimum absolute atomic E-state index is 0.0355. The average Bonchev–Trinajstić information content (AvgIpc) is 3.17. The minimum Gasteiger partial charge on any atom is -0.476 e. The van der Waals surface area contributed by atoms with Crippen molar-refractivity contribution in [3.8, 4) is 0 Å². The molecule has 0 bridgehead atoms. The molecule has 7 heteroatoms. The van der Waals surface area contributed by atoms with Crippen LogP contribution in [0, 0.1) is 0 Å².